The minimum atomic E-state index is -2.11. The van der Waals surface area contributed by atoms with Crippen molar-refractivity contribution in [2.75, 3.05) is 0 Å². The van der Waals surface area contributed by atoms with E-state index in [0.29, 0.717) is 11.1 Å². The van der Waals surface area contributed by atoms with Crippen LogP contribution in [0.2, 0.25) is 0 Å². The first-order valence-electron chi connectivity index (χ1n) is 9.96. The van der Waals surface area contributed by atoms with Gasteiger partial charge in [0.1, 0.15) is 11.2 Å². The Morgan fingerprint density at radius 1 is 0.667 bits per heavy atom. The Morgan fingerprint density at radius 2 is 0.933 bits per heavy atom. The normalized spacial score (nSPS) is 15.2. The Kier molecular flexibility index (Phi) is 6.80. The Morgan fingerprint density at radius 3 is 1.20 bits per heavy atom. The van der Waals surface area contributed by atoms with E-state index in [1.54, 1.807) is 52.0 Å². The molecular weight excluding hydrogens is 380 g/mol. The summed E-state index contributed by atoms with van der Waals surface area (Å²) in [6, 6.07) is 10.8. The number of hydrogen-bond donors (Lipinski definition) is 2. The molecule has 0 aliphatic rings. The summed E-state index contributed by atoms with van der Waals surface area (Å²) in [5.41, 5.74) is -0.318. The van der Waals surface area contributed by atoms with E-state index < -0.39 is 29.8 Å². The molecule has 0 heterocycles. The van der Waals surface area contributed by atoms with Crippen LogP contribution in [0.25, 0.3) is 0 Å². The summed E-state index contributed by atoms with van der Waals surface area (Å²) < 4.78 is 0. The second-order valence-corrected chi connectivity index (χ2v) is 8.61. The number of benzene rings is 2. The van der Waals surface area contributed by atoms with E-state index in [4.69, 9.17) is 0 Å². The average Bonchev–Trinajstić information content (AvgIpc) is 2.59. The first kappa shape index (κ1) is 23.6. The maximum atomic E-state index is 13.0. The van der Waals surface area contributed by atoms with Gasteiger partial charge in [-0.1, -0.05) is 36.4 Å². The molecular formula is C25H30O5. The molecule has 5 nitrogen and oxygen atoms in total. The molecule has 0 spiro atoms. The minimum Gasteiger partial charge on any atom is -0.382 e. The predicted molar refractivity (Wildman–Crippen MR) is 116 cm³/mol. The number of carbonyl (C=O) groups excluding carboxylic acids is 3. The zero-order valence-corrected chi connectivity index (χ0v) is 18.5. The molecule has 0 saturated carbocycles. The topological polar surface area (TPSA) is 91.7 Å². The number of rotatable bonds is 8. The fraction of sp³-hybridized carbons (Fsp3) is 0.400. The third-order valence-corrected chi connectivity index (χ3v) is 5.51. The van der Waals surface area contributed by atoms with Gasteiger partial charge in [-0.3, -0.25) is 14.4 Å². The van der Waals surface area contributed by atoms with Crippen LogP contribution in [0.4, 0.5) is 0 Å². The summed E-state index contributed by atoms with van der Waals surface area (Å²) >= 11 is 0. The molecule has 30 heavy (non-hydrogen) atoms. The van der Waals surface area contributed by atoms with Gasteiger partial charge in [0, 0.05) is 24.0 Å². The van der Waals surface area contributed by atoms with E-state index in [2.05, 4.69) is 0 Å². The highest BCUT2D eigenvalue weighted by molar-refractivity contribution is 6.07. The quantitative estimate of drug-likeness (QED) is 0.645. The molecule has 0 amide bonds. The summed E-state index contributed by atoms with van der Waals surface area (Å²) in [4.78, 5) is 38.6. The van der Waals surface area contributed by atoms with Gasteiger partial charge in [0.2, 0.25) is 0 Å². The van der Waals surface area contributed by atoms with Crippen LogP contribution in [0, 0.1) is 27.7 Å². The van der Waals surface area contributed by atoms with Crippen LogP contribution < -0.4 is 0 Å². The van der Waals surface area contributed by atoms with Crippen molar-refractivity contribution in [1.29, 1.82) is 0 Å². The summed E-state index contributed by atoms with van der Waals surface area (Å²) in [5, 5.41) is 21.6. The van der Waals surface area contributed by atoms with Gasteiger partial charge in [-0.25, -0.2) is 0 Å². The number of aliphatic hydroxyl groups is 2. The molecule has 2 unspecified atom stereocenters. The molecule has 0 bridgehead atoms. The molecule has 2 atom stereocenters. The lowest BCUT2D eigenvalue weighted by Crippen LogP contribution is -2.51. The Hall–Kier alpha value is -2.63. The molecule has 0 aliphatic heterocycles. The molecule has 0 radical (unpaired) electrons. The maximum Gasteiger partial charge on any atom is 0.196 e. The molecule has 5 heteroatoms. The zero-order chi connectivity index (χ0) is 22.9. The van der Waals surface area contributed by atoms with Gasteiger partial charge in [0.25, 0.3) is 0 Å². The molecule has 0 fully saturated rings. The van der Waals surface area contributed by atoms with E-state index in [-0.39, 0.29) is 11.6 Å². The van der Waals surface area contributed by atoms with Crippen LogP contribution >= 0.6 is 0 Å². The van der Waals surface area contributed by atoms with Gasteiger partial charge in [-0.2, -0.15) is 0 Å². The van der Waals surface area contributed by atoms with Crippen molar-refractivity contribution < 1.29 is 24.6 Å². The highest BCUT2D eigenvalue weighted by Gasteiger charge is 2.45. The third kappa shape index (κ3) is 4.91. The summed E-state index contributed by atoms with van der Waals surface area (Å²) in [7, 11) is 0. The number of aryl methyl sites for hydroxylation is 4. The molecule has 0 aliphatic carbocycles. The largest absolute Gasteiger partial charge is 0.382 e. The third-order valence-electron chi connectivity index (χ3n) is 5.51. The molecule has 2 aromatic carbocycles. The van der Waals surface area contributed by atoms with E-state index in [1.165, 1.54) is 13.8 Å². The highest BCUT2D eigenvalue weighted by atomic mass is 16.3. The lowest BCUT2D eigenvalue weighted by Gasteiger charge is -2.31. The Labute approximate surface area is 177 Å². The average molecular weight is 411 g/mol. The lowest BCUT2D eigenvalue weighted by molar-refractivity contribution is -0.153. The van der Waals surface area contributed by atoms with Crippen LogP contribution in [0.15, 0.2) is 36.4 Å². The molecule has 160 valence electrons. The Bertz CT molecular complexity index is 879. The summed E-state index contributed by atoms with van der Waals surface area (Å²) in [6.45, 7) is 9.57. The smallest absolute Gasteiger partial charge is 0.196 e. The van der Waals surface area contributed by atoms with Crippen molar-refractivity contribution >= 4 is 17.3 Å². The number of Topliss-reactive ketones (excluding diaryl/α,β-unsaturated/α-hetero) is 3. The van der Waals surface area contributed by atoms with Gasteiger partial charge < -0.3 is 10.2 Å². The fourth-order valence-electron chi connectivity index (χ4n) is 4.05. The first-order chi connectivity index (χ1) is 13.8. The van der Waals surface area contributed by atoms with Crippen LogP contribution in [0.3, 0.4) is 0 Å². The molecule has 0 aromatic heterocycles. The summed E-state index contributed by atoms with van der Waals surface area (Å²) in [5.74, 6) is -1.73. The monoisotopic (exact) mass is 410 g/mol. The molecule has 2 N–H and O–H groups in total. The highest BCUT2D eigenvalue weighted by Crippen LogP contribution is 2.28. The van der Waals surface area contributed by atoms with Gasteiger partial charge in [-0.15, -0.1) is 0 Å². The SMILES string of the molecule is Cc1cccc(C)c1C(=O)CC(C)(O)C(=O)C(C)(O)CC(=O)c1c(C)cccc1C. The Balaban J connectivity index is 2.24. The van der Waals surface area contributed by atoms with E-state index in [0.717, 1.165) is 22.3 Å². The fourth-order valence-corrected chi connectivity index (χ4v) is 4.05. The standard InChI is InChI=1S/C25H30O5/c1-15-9-7-10-16(2)21(15)19(26)13-24(5,29)23(28)25(6,30)14-20(27)22-17(3)11-8-12-18(22)4/h7-12,29-30H,13-14H2,1-6H3. The van der Waals surface area contributed by atoms with Gasteiger partial charge in [-0.05, 0) is 63.8 Å². The maximum absolute atomic E-state index is 13.0. The van der Waals surface area contributed by atoms with E-state index in [1.807, 2.05) is 12.1 Å². The van der Waals surface area contributed by atoms with Crippen LogP contribution in [-0.4, -0.2) is 38.8 Å². The zero-order valence-electron chi connectivity index (χ0n) is 18.5. The molecule has 2 aromatic rings. The van der Waals surface area contributed by atoms with Crippen molar-refractivity contribution in [3.63, 3.8) is 0 Å². The van der Waals surface area contributed by atoms with Crippen LogP contribution in [0.5, 0.6) is 0 Å². The van der Waals surface area contributed by atoms with Gasteiger partial charge in [0.05, 0.1) is 0 Å². The first-order valence-corrected chi connectivity index (χ1v) is 9.96. The summed E-state index contributed by atoms with van der Waals surface area (Å²) in [6.07, 6.45) is -0.962. The van der Waals surface area contributed by atoms with Gasteiger partial charge in [0.15, 0.2) is 17.3 Å². The van der Waals surface area contributed by atoms with Crippen molar-refractivity contribution in [3.8, 4) is 0 Å². The van der Waals surface area contributed by atoms with Gasteiger partial charge >= 0.3 is 0 Å². The molecule has 0 saturated heterocycles. The van der Waals surface area contributed by atoms with Crippen molar-refractivity contribution in [1.82, 2.24) is 0 Å². The number of carbonyl (C=O) groups is 3. The number of ketones is 3. The van der Waals surface area contributed by atoms with E-state index >= 15 is 0 Å². The van der Waals surface area contributed by atoms with Crippen LogP contribution in [0.1, 0.15) is 69.7 Å². The predicted octanol–water partition coefficient (Wildman–Crippen LogP) is 3.84. The second-order valence-electron chi connectivity index (χ2n) is 8.61. The lowest BCUT2D eigenvalue weighted by atomic mass is 9.79. The van der Waals surface area contributed by atoms with E-state index in [9.17, 15) is 24.6 Å². The van der Waals surface area contributed by atoms with Crippen molar-refractivity contribution in [3.05, 3.63) is 69.8 Å². The minimum absolute atomic E-state index is 0.388. The van der Waals surface area contributed by atoms with Crippen molar-refractivity contribution in [2.24, 2.45) is 0 Å². The van der Waals surface area contributed by atoms with Crippen LogP contribution in [-0.2, 0) is 4.79 Å². The molecule has 2 rings (SSSR count). The van der Waals surface area contributed by atoms with Crippen molar-refractivity contribution in [2.45, 2.75) is 65.6 Å². The second kappa shape index (κ2) is 8.62. The number of hydrogen-bond acceptors (Lipinski definition) is 5.